The van der Waals surface area contributed by atoms with Gasteiger partial charge in [0.1, 0.15) is 11.3 Å². The van der Waals surface area contributed by atoms with E-state index < -0.39 is 5.97 Å². The SMILES string of the molecule is COc1cccc2c1[nH]c(=O)n2[C@H]1CC[C@@H](C(=O)O)CC1. The maximum absolute atomic E-state index is 12.3. The van der Waals surface area contributed by atoms with E-state index in [4.69, 9.17) is 9.84 Å². The molecule has 2 aromatic rings. The number of nitrogens with one attached hydrogen (secondary N) is 1. The largest absolute Gasteiger partial charge is 0.494 e. The number of rotatable bonds is 3. The highest BCUT2D eigenvalue weighted by Crippen LogP contribution is 2.34. The van der Waals surface area contributed by atoms with Crippen LogP contribution in [0.4, 0.5) is 0 Å². The van der Waals surface area contributed by atoms with E-state index in [0.29, 0.717) is 36.9 Å². The number of aliphatic carboxylic acids is 1. The smallest absolute Gasteiger partial charge is 0.326 e. The molecule has 0 atom stereocenters. The predicted octanol–water partition coefficient (Wildman–Crippen LogP) is 2.15. The lowest BCUT2D eigenvalue weighted by Gasteiger charge is -2.27. The molecule has 1 aliphatic rings. The summed E-state index contributed by atoms with van der Waals surface area (Å²) in [5, 5.41) is 9.06. The van der Waals surface area contributed by atoms with E-state index in [1.807, 2.05) is 18.2 Å². The molecule has 1 aromatic carbocycles. The number of imidazole rings is 1. The Morgan fingerprint density at radius 1 is 1.33 bits per heavy atom. The quantitative estimate of drug-likeness (QED) is 0.907. The molecule has 21 heavy (non-hydrogen) atoms. The topological polar surface area (TPSA) is 84.3 Å². The molecule has 0 saturated heterocycles. The number of fused-ring (bicyclic) bond motifs is 1. The van der Waals surface area contributed by atoms with Crippen molar-refractivity contribution in [1.29, 1.82) is 0 Å². The van der Waals surface area contributed by atoms with Crippen molar-refractivity contribution in [3.05, 3.63) is 28.7 Å². The molecule has 0 radical (unpaired) electrons. The van der Waals surface area contributed by atoms with Gasteiger partial charge in [-0.1, -0.05) is 6.07 Å². The molecule has 0 spiro atoms. The Kier molecular flexibility index (Phi) is 3.45. The lowest BCUT2D eigenvalue weighted by atomic mass is 9.86. The van der Waals surface area contributed by atoms with E-state index in [-0.39, 0.29) is 17.6 Å². The molecule has 1 aromatic heterocycles. The molecule has 3 rings (SSSR count). The fourth-order valence-electron chi connectivity index (χ4n) is 3.24. The van der Waals surface area contributed by atoms with Crippen LogP contribution in [0.2, 0.25) is 0 Å². The van der Waals surface area contributed by atoms with Crippen LogP contribution in [0.1, 0.15) is 31.7 Å². The van der Waals surface area contributed by atoms with Crippen LogP contribution >= 0.6 is 0 Å². The fourth-order valence-corrected chi connectivity index (χ4v) is 3.24. The van der Waals surface area contributed by atoms with Crippen LogP contribution in [0, 0.1) is 5.92 Å². The molecule has 0 bridgehead atoms. The number of aromatic nitrogens is 2. The van der Waals surface area contributed by atoms with E-state index in [1.165, 1.54) is 0 Å². The number of benzene rings is 1. The van der Waals surface area contributed by atoms with Gasteiger partial charge in [-0.2, -0.15) is 0 Å². The highest BCUT2D eigenvalue weighted by molar-refractivity contribution is 5.82. The highest BCUT2D eigenvalue weighted by Gasteiger charge is 2.28. The zero-order valence-corrected chi connectivity index (χ0v) is 11.8. The minimum Gasteiger partial charge on any atom is -0.494 e. The van der Waals surface area contributed by atoms with E-state index >= 15 is 0 Å². The minimum absolute atomic E-state index is 0.0500. The first kappa shape index (κ1) is 13.7. The van der Waals surface area contributed by atoms with Crippen molar-refractivity contribution in [3.8, 4) is 5.75 Å². The van der Waals surface area contributed by atoms with Crippen LogP contribution in [0.15, 0.2) is 23.0 Å². The Hall–Kier alpha value is -2.24. The maximum atomic E-state index is 12.3. The Labute approximate surface area is 121 Å². The predicted molar refractivity (Wildman–Crippen MR) is 77.7 cm³/mol. The second-order valence-corrected chi connectivity index (χ2v) is 5.50. The Morgan fingerprint density at radius 2 is 2.05 bits per heavy atom. The molecule has 1 saturated carbocycles. The fraction of sp³-hybridized carbons (Fsp3) is 0.467. The van der Waals surface area contributed by atoms with Crippen LogP contribution in [0.25, 0.3) is 11.0 Å². The summed E-state index contributed by atoms with van der Waals surface area (Å²) in [4.78, 5) is 26.1. The van der Waals surface area contributed by atoms with Gasteiger partial charge >= 0.3 is 11.7 Å². The van der Waals surface area contributed by atoms with Crippen LogP contribution < -0.4 is 10.4 Å². The number of methoxy groups -OCH3 is 1. The summed E-state index contributed by atoms with van der Waals surface area (Å²) in [6.07, 6.45) is 2.65. The number of H-pyrrole nitrogens is 1. The molecular weight excluding hydrogens is 272 g/mol. The standard InChI is InChI=1S/C15H18N2O4/c1-21-12-4-2-3-11-13(12)16-15(20)17(11)10-7-5-9(6-8-10)14(18)19/h2-4,9-10H,5-8H2,1H3,(H,16,20)(H,18,19)/t9-,10+. The summed E-state index contributed by atoms with van der Waals surface area (Å²) in [5.41, 5.74) is 1.36. The lowest BCUT2D eigenvalue weighted by Crippen LogP contribution is -2.28. The summed E-state index contributed by atoms with van der Waals surface area (Å²) in [6.45, 7) is 0. The number of carboxylic acid groups (broad SMARTS) is 1. The van der Waals surface area contributed by atoms with Gasteiger partial charge in [0.05, 0.1) is 18.5 Å². The summed E-state index contributed by atoms with van der Waals surface area (Å²) < 4.78 is 7.02. The van der Waals surface area contributed by atoms with Gasteiger partial charge in [-0.25, -0.2) is 4.79 Å². The average molecular weight is 290 g/mol. The van der Waals surface area contributed by atoms with Gasteiger partial charge in [-0.15, -0.1) is 0 Å². The number of aromatic amines is 1. The molecule has 6 heteroatoms. The summed E-state index contributed by atoms with van der Waals surface area (Å²) >= 11 is 0. The van der Waals surface area contributed by atoms with Crippen molar-refractivity contribution in [2.24, 2.45) is 5.92 Å². The van der Waals surface area contributed by atoms with Gasteiger partial charge < -0.3 is 14.8 Å². The molecule has 0 aliphatic heterocycles. The van der Waals surface area contributed by atoms with Crippen LogP contribution in [-0.4, -0.2) is 27.7 Å². The summed E-state index contributed by atoms with van der Waals surface area (Å²) in [6, 6.07) is 5.60. The Bertz CT molecular complexity index is 723. The zero-order valence-electron chi connectivity index (χ0n) is 11.8. The molecule has 1 aliphatic carbocycles. The van der Waals surface area contributed by atoms with E-state index in [2.05, 4.69) is 4.98 Å². The normalized spacial score (nSPS) is 22.3. The molecule has 0 unspecified atom stereocenters. The monoisotopic (exact) mass is 290 g/mol. The second kappa shape index (κ2) is 5.27. The van der Waals surface area contributed by atoms with Crippen molar-refractivity contribution in [2.45, 2.75) is 31.7 Å². The van der Waals surface area contributed by atoms with Gasteiger partial charge in [-0.05, 0) is 37.8 Å². The van der Waals surface area contributed by atoms with Crippen LogP contribution in [0.3, 0.4) is 0 Å². The van der Waals surface area contributed by atoms with Gasteiger partial charge in [0.2, 0.25) is 0 Å². The average Bonchev–Trinajstić information content (AvgIpc) is 2.83. The van der Waals surface area contributed by atoms with Crippen molar-refractivity contribution >= 4 is 17.0 Å². The number of hydrogen-bond acceptors (Lipinski definition) is 3. The minimum atomic E-state index is -0.735. The summed E-state index contributed by atoms with van der Waals surface area (Å²) in [7, 11) is 1.57. The maximum Gasteiger partial charge on any atom is 0.326 e. The van der Waals surface area contributed by atoms with Gasteiger partial charge in [0.15, 0.2) is 0 Å². The molecule has 112 valence electrons. The van der Waals surface area contributed by atoms with Gasteiger partial charge in [-0.3, -0.25) is 9.36 Å². The van der Waals surface area contributed by atoms with E-state index in [0.717, 1.165) is 5.52 Å². The third kappa shape index (κ3) is 2.30. The van der Waals surface area contributed by atoms with Crippen LogP contribution in [0.5, 0.6) is 5.75 Å². The van der Waals surface area contributed by atoms with E-state index in [9.17, 15) is 9.59 Å². The van der Waals surface area contributed by atoms with Crippen molar-refractivity contribution in [3.63, 3.8) is 0 Å². The number of carbonyl (C=O) groups is 1. The number of ether oxygens (including phenoxy) is 1. The summed E-state index contributed by atoms with van der Waals surface area (Å²) in [5.74, 6) is -0.374. The first-order valence-electron chi connectivity index (χ1n) is 7.12. The Morgan fingerprint density at radius 3 is 2.67 bits per heavy atom. The van der Waals surface area contributed by atoms with Crippen molar-refractivity contribution in [2.75, 3.05) is 7.11 Å². The Balaban J connectivity index is 1.97. The third-order valence-corrected chi connectivity index (χ3v) is 4.35. The second-order valence-electron chi connectivity index (χ2n) is 5.50. The zero-order chi connectivity index (χ0) is 15.0. The van der Waals surface area contributed by atoms with Crippen LogP contribution in [-0.2, 0) is 4.79 Å². The molecule has 1 fully saturated rings. The number of nitrogens with zero attached hydrogens (tertiary/aromatic N) is 1. The first-order chi connectivity index (χ1) is 10.1. The van der Waals surface area contributed by atoms with Crippen molar-refractivity contribution in [1.82, 2.24) is 9.55 Å². The molecular formula is C15H18N2O4. The molecule has 2 N–H and O–H groups in total. The number of para-hydroxylation sites is 1. The number of carboxylic acids is 1. The lowest BCUT2D eigenvalue weighted by molar-refractivity contribution is -0.143. The highest BCUT2D eigenvalue weighted by atomic mass is 16.5. The molecule has 0 amide bonds. The van der Waals surface area contributed by atoms with Crippen molar-refractivity contribution < 1.29 is 14.6 Å². The first-order valence-corrected chi connectivity index (χ1v) is 7.12. The molecule has 1 heterocycles. The van der Waals surface area contributed by atoms with Gasteiger partial charge in [0, 0.05) is 6.04 Å². The van der Waals surface area contributed by atoms with E-state index in [1.54, 1.807) is 11.7 Å². The van der Waals surface area contributed by atoms with Gasteiger partial charge in [0.25, 0.3) is 0 Å². The number of hydrogen-bond donors (Lipinski definition) is 2. The molecule has 6 nitrogen and oxygen atoms in total. The third-order valence-electron chi connectivity index (χ3n) is 4.35.